The molecule has 98 valence electrons. The van der Waals surface area contributed by atoms with Gasteiger partial charge in [0.05, 0.1) is 0 Å². The minimum atomic E-state index is -1.02. The molecule has 1 aromatic rings. The molecule has 0 spiro atoms. The van der Waals surface area contributed by atoms with Crippen LogP contribution in [0.25, 0.3) is 0 Å². The highest BCUT2D eigenvalue weighted by Crippen LogP contribution is 2.19. The van der Waals surface area contributed by atoms with Crippen molar-refractivity contribution in [3.05, 3.63) is 28.2 Å². The summed E-state index contributed by atoms with van der Waals surface area (Å²) in [6, 6.07) is 3.98. The zero-order valence-corrected chi connectivity index (χ0v) is 11.8. The predicted molar refractivity (Wildman–Crippen MR) is 72.4 cm³/mol. The number of hydrogen-bond acceptors (Lipinski definition) is 3. The standard InChI is InChI=1S/C12H15BrN2O3/c1-3-10(12(17)18)15(2)11(16)7-4-8(13)6-9(14)5-7/h4-6,10H,3,14H2,1-2H3,(H,17,18). The third kappa shape index (κ3) is 3.22. The van der Waals surface area contributed by atoms with Gasteiger partial charge < -0.3 is 15.7 Å². The minimum absolute atomic E-state index is 0.348. The summed E-state index contributed by atoms with van der Waals surface area (Å²) in [6.45, 7) is 1.72. The molecule has 1 unspecified atom stereocenters. The fourth-order valence-electron chi connectivity index (χ4n) is 1.70. The number of amides is 1. The van der Waals surface area contributed by atoms with Crippen LogP contribution in [0.4, 0.5) is 5.69 Å². The van der Waals surface area contributed by atoms with Crippen molar-refractivity contribution in [3.63, 3.8) is 0 Å². The Bertz CT molecular complexity index is 456. The smallest absolute Gasteiger partial charge is 0.326 e. The van der Waals surface area contributed by atoms with Gasteiger partial charge >= 0.3 is 5.97 Å². The number of likely N-dealkylation sites (N-methyl/N-ethyl adjacent to an activating group) is 1. The number of nitrogen functional groups attached to an aromatic ring is 1. The lowest BCUT2D eigenvalue weighted by Crippen LogP contribution is -2.41. The second-order valence-electron chi connectivity index (χ2n) is 3.95. The van der Waals surface area contributed by atoms with Crippen molar-refractivity contribution in [1.29, 1.82) is 0 Å². The van der Waals surface area contributed by atoms with Crippen molar-refractivity contribution in [2.45, 2.75) is 19.4 Å². The molecule has 0 aromatic heterocycles. The highest BCUT2D eigenvalue weighted by molar-refractivity contribution is 9.10. The van der Waals surface area contributed by atoms with E-state index in [-0.39, 0.29) is 5.91 Å². The van der Waals surface area contributed by atoms with E-state index >= 15 is 0 Å². The molecule has 18 heavy (non-hydrogen) atoms. The van der Waals surface area contributed by atoms with Crippen LogP contribution in [-0.2, 0) is 4.79 Å². The molecule has 6 heteroatoms. The number of carbonyl (C=O) groups is 2. The Morgan fingerprint density at radius 1 is 1.44 bits per heavy atom. The first-order valence-corrected chi connectivity index (χ1v) is 6.22. The van der Waals surface area contributed by atoms with Crippen LogP contribution in [0.5, 0.6) is 0 Å². The summed E-state index contributed by atoms with van der Waals surface area (Å²) >= 11 is 3.25. The number of aliphatic carboxylic acids is 1. The van der Waals surface area contributed by atoms with Gasteiger partial charge in [-0.05, 0) is 24.6 Å². The number of anilines is 1. The molecule has 0 saturated heterocycles. The number of halogens is 1. The van der Waals surface area contributed by atoms with E-state index in [0.717, 1.165) is 0 Å². The maximum absolute atomic E-state index is 12.1. The van der Waals surface area contributed by atoms with Gasteiger partial charge in [-0.3, -0.25) is 4.79 Å². The second kappa shape index (κ2) is 5.86. The molecule has 0 aliphatic rings. The summed E-state index contributed by atoms with van der Waals surface area (Å²) in [5.41, 5.74) is 6.46. The number of rotatable bonds is 4. The van der Waals surface area contributed by atoms with Crippen molar-refractivity contribution < 1.29 is 14.7 Å². The van der Waals surface area contributed by atoms with E-state index in [0.29, 0.717) is 22.1 Å². The van der Waals surface area contributed by atoms with Crippen LogP contribution in [0.15, 0.2) is 22.7 Å². The van der Waals surface area contributed by atoms with Gasteiger partial charge in [0, 0.05) is 22.8 Å². The highest BCUT2D eigenvalue weighted by Gasteiger charge is 2.25. The van der Waals surface area contributed by atoms with Gasteiger partial charge in [0.1, 0.15) is 6.04 Å². The molecule has 0 saturated carbocycles. The molecule has 1 rings (SSSR count). The Morgan fingerprint density at radius 2 is 2.06 bits per heavy atom. The van der Waals surface area contributed by atoms with E-state index in [2.05, 4.69) is 15.9 Å². The van der Waals surface area contributed by atoms with E-state index in [1.165, 1.54) is 18.0 Å². The van der Waals surface area contributed by atoms with E-state index < -0.39 is 12.0 Å². The van der Waals surface area contributed by atoms with Gasteiger partial charge in [-0.15, -0.1) is 0 Å². The third-order valence-electron chi connectivity index (χ3n) is 2.63. The molecular weight excluding hydrogens is 300 g/mol. The van der Waals surface area contributed by atoms with Gasteiger partial charge in [-0.2, -0.15) is 0 Å². The van der Waals surface area contributed by atoms with Crippen LogP contribution in [-0.4, -0.2) is 35.0 Å². The van der Waals surface area contributed by atoms with Crippen molar-refractivity contribution in [3.8, 4) is 0 Å². The van der Waals surface area contributed by atoms with Crippen LogP contribution >= 0.6 is 15.9 Å². The molecule has 0 fully saturated rings. The first-order valence-electron chi connectivity index (χ1n) is 5.42. The average molecular weight is 315 g/mol. The molecule has 1 atom stereocenters. The van der Waals surface area contributed by atoms with Crippen LogP contribution in [0.1, 0.15) is 23.7 Å². The largest absolute Gasteiger partial charge is 0.480 e. The lowest BCUT2D eigenvalue weighted by molar-refractivity contribution is -0.142. The molecule has 0 aliphatic heterocycles. The van der Waals surface area contributed by atoms with Gasteiger partial charge in [0.25, 0.3) is 5.91 Å². The maximum Gasteiger partial charge on any atom is 0.326 e. The molecule has 3 N–H and O–H groups in total. The molecule has 0 bridgehead atoms. The van der Waals surface area contributed by atoms with Gasteiger partial charge in [0.15, 0.2) is 0 Å². The number of nitrogens with two attached hydrogens (primary N) is 1. The lowest BCUT2D eigenvalue weighted by atomic mass is 10.1. The Labute approximate surface area is 114 Å². The molecule has 0 aliphatic carbocycles. The van der Waals surface area contributed by atoms with Crippen LogP contribution in [0, 0.1) is 0 Å². The Morgan fingerprint density at radius 3 is 2.50 bits per heavy atom. The second-order valence-corrected chi connectivity index (χ2v) is 4.87. The lowest BCUT2D eigenvalue weighted by Gasteiger charge is -2.24. The molecule has 5 nitrogen and oxygen atoms in total. The number of benzene rings is 1. The number of hydrogen-bond donors (Lipinski definition) is 2. The van der Waals surface area contributed by atoms with E-state index in [9.17, 15) is 9.59 Å². The first kappa shape index (κ1) is 14.5. The van der Waals surface area contributed by atoms with Crippen molar-refractivity contribution in [2.24, 2.45) is 0 Å². The maximum atomic E-state index is 12.1. The zero-order valence-electron chi connectivity index (χ0n) is 10.2. The van der Waals surface area contributed by atoms with E-state index in [1.807, 2.05) is 0 Å². The topological polar surface area (TPSA) is 83.6 Å². The van der Waals surface area contributed by atoms with Crippen molar-refractivity contribution >= 4 is 33.5 Å². The van der Waals surface area contributed by atoms with E-state index in [4.69, 9.17) is 10.8 Å². The molecule has 1 amide bonds. The minimum Gasteiger partial charge on any atom is -0.480 e. The predicted octanol–water partition coefficient (Wildman–Crippen LogP) is 1.97. The van der Waals surface area contributed by atoms with Gasteiger partial charge in [0.2, 0.25) is 0 Å². The zero-order chi connectivity index (χ0) is 13.9. The fourth-order valence-corrected chi connectivity index (χ4v) is 2.21. The molecular formula is C12H15BrN2O3. The quantitative estimate of drug-likeness (QED) is 0.832. The molecule has 1 aromatic carbocycles. The number of carbonyl (C=O) groups excluding carboxylic acids is 1. The highest BCUT2D eigenvalue weighted by atomic mass is 79.9. The monoisotopic (exact) mass is 314 g/mol. The average Bonchev–Trinajstić information content (AvgIpc) is 2.26. The Hall–Kier alpha value is -1.56. The van der Waals surface area contributed by atoms with Crippen LogP contribution in [0.3, 0.4) is 0 Å². The summed E-state index contributed by atoms with van der Waals surface area (Å²) < 4.78 is 0.683. The van der Waals surface area contributed by atoms with Crippen molar-refractivity contribution in [2.75, 3.05) is 12.8 Å². The van der Waals surface area contributed by atoms with Gasteiger partial charge in [-0.1, -0.05) is 22.9 Å². The number of nitrogens with zero attached hydrogens (tertiary/aromatic N) is 1. The summed E-state index contributed by atoms with van der Waals surface area (Å²) in [4.78, 5) is 24.4. The molecule has 0 radical (unpaired) electrons. The van der Waals surface area contributed by atoms with Gasteiger partial charge in [-0.25, -0.2) is 4.79 Å². The summed E-state index contributed by atoms with van der Waals surface area (Å²) in [7, 11) is 1.47. The van der Waals surface area contributed by atoms with Crippen LogP contribution in [0.2, 0.25) is 0 Å². The molecule has 0 heterocycles. The van der Waals surface area contributed by atoms with Crippen molar-refractivity contribution in [1.82, 2.24) is 4.90 Å². The number of carboxylic acids is 1. The first-order chi connectivity index (χ1) is 8.36. The normalized spacial score (nSPS) is 11.9. The summed E-state index contributed by atoms with van der Waals surface area (Å²) in [6.07, 6.45) is 0.348. The summed E-state index contributed by atoms with van der Waals surface area (Å²) in [5.74, 6) is -1.38. The summed E-state index contributed by atoms with van der Waals surface area (Å²) in [5, 5.41) is 9.02. The Kier molecular flexibility index (Phi) is 4.72. The fraction of sp³-hybridized carbons (Fsp3) is 0.333. The van der Waals surface area contributed by atoms with Crippen LogP contribution < -0.4 is 5.73 Å². The SMILES string of the molecule is CCC(C(=O)O)N(C)C(=O)c1cc(N)cc(Br)c1. The number of carboxylic acid groups (broad SMARTS) is 1. The third-order valence-corrected chi connectivity index (χ3v) is 3.08. The Balaban J connectivity index is 3.02. The van der Waals surface area contributed by atoms with E-state index in [1.54, 1.807) is 19.1 Å².